The number of hydrogen-bond acceptors (Lipinski definition) is 5. The third-order valence-electron chi connectivity index (χ3n) is 5.06. The van der Waals surface area contributed by atoms with Crippen molar-refractivity contribution in [2.75, 3.05) is 26.7 Å². The van der Waals surface area contributed by atoms with E-state index in [1.165, 1.54) is 25.9 Å². The molecule has 3 aliphatic heterocycles. The fraction of sp³-hybridized carbons (Fsp3) is 0.421. The molecule has 25 heavy (non-hydrogen) atoms. The van der Waals surface area contributed by atoms with Crippen molar-refractivity contribution < 1.29 is 9.53 Å². The quantitative estimate of drug-likeness (QED) is 0.866. The molecule has 3 fully saturated rings. The van der Waals surface area contributed by atoms with Crippen LogP contribution in [0.4, 0.5) is 0 Å². The number of methoxy groups -OCH3 is 1. The van der Waals surface area contributed by atoms with Crippen LogP contribution in [0, 0.1) is 5.92 Å². The van der Waals surface area contributed by atoms with Gasteiger partial charge in [0.05, 0.1) is 21.1 Å². The third kappa shape index (κ3) is 3.71. The fourth-order valence-corrected chi connectivity index (χ4v) is 5.77. The molecule has 2 aromatic rings. The highest BCUT2D eigenvalue weighted by atomic mass is 32.2. The van der Waals surface area contributed by atoms with Crippen molar-refractivity contribution in [2.24, 2.45) is 5.92 Å². The van der Waals surface area contributed by atoms with Crippen LogP contribution < -0.4 is 10.1 Å². The van der Waals surface area contributed by atoms with Gasteiger partial charge in [0.1, 0.15) is 5.75 Å². The van der Waals surface area contributed by atoms with Gasteiger partial charge >= 0.3 is 0 Å². The molecule has 1 amide bonds. The van der Waals surface area contributed by atoms with Gasteiger partial charge in [-0.25, -0.2) is 0 Å². The maximum Gasteiger partial charge on any atom is 0.261 e. The summed E-state index contributed by atoms with van der Waals surface area (Å²) in [6.07, 6.45) is 2.43. The minimum Gasteiger partial charge on any atom is -0.496 e. The summed E-state index contributed by atoms with van der Waals surface area (Å²) in [5.74, 6) is 1.58. The monoisotopic (exact) mass is 374 g/mol. The molecule has 3 aliphatic rings. The number of benzene rings is 1. The lowest BCUT2D eigenvalue weighted by atomic mass is 9.84. The van der Waals surface area contributed by atoms with Crippen molar-refractivity contribution in [1.29, 1.82) is 0 Å². The number of rotatable bonds is 5. The Bertz CT molecular complexity index is 753. The maximum absolute atomic E-state index is 12.6. The normalized spacial score (nSPS) is 24.9. The van der Waals surface area contributed by atoms with E-state index in [2.05, 4.69) is 10.2 Å². The van der Waals surface area contributed by atoms with Gasteiger partial charge < -0.3 is 15.0 Å². The van der Waals surface area contributed by atoms with Gasteiger partial charge in [0.15, 0.2) is 0 Å². The lowest BCUT2D eigenvalue weighted by Crippen LogP contribution is -2.57. The van der Waals surface area contributed by atoms with E-state index in [1.807, 2.05) is 36.4 Å². The number of carbonyl (C=O) groups is 1. The number of nitrogens with zero attached hydrogens (tertiary/aromatic N) is 1. The standard InChI is InChI=1S/C19H22N2O2S2/c1-23-15-4-2-3-5-16(15)24-18-7-6-17(25-18)19(22)20-14-12-21-10-8-13(14)9-11-21/h2-7,13-14H,8-12H2,1H3,(H,20,22)/t14-/m0/s1. The number of nitrogens with one attached hydrogen (secondary N) is 1. The van der Waals surface area contributed by atoms with Crippen LogP contribution in [0.5, 0.6) is 5.75 Å². The van der Waals surface area contributed by atoms with Crippen LogP contribution in [-0.4, -0.2) is 43.6 Å². The summed E-state index contributed by atoms with van der Waals surface area (Å²) in [6.45, 7) is 3.38. The number of para-hydroxylation sites is 1. The number of carbonyl (C=O) groups excluding carboxylic acids is 1. The second-order valence-corrected chi connectivity index (χ2v) is 9.02. The molecule has 5 rings (SSSR count). The van der Waals surface area contributed by atoms with Crippen LogP contribution in [0.15, 0.2) is 45.5 Å². The summed E-state index contributed by atoms with van der Waals surface area (Å²) >= 11 is 3.19. The number of thiophene rings is 1. The van der Waals surface area contributed by atoms with Gasteiger partial charge in [-0.05, 0) is 56.1 Å². The minimum atomic E-state index is 0.0654. The van der Waals surface area contributed by atoms with Gasteiger partial charge in [0.25, 0.3) is 5.91 Å². The van der Waals surface area contributed by atoms with Gasteiger partial charge in [-0.3, -0.25) is 4.79 Å². The maximum atomic E-state index is 12.6. The number of piperidine rings is 3. The van der Waals surface area contributed by atoms with E-state index in [-0.39, 0.29) is 5.91 Å². The number of hydrogen-bond donors (Lipinski definition) is 1. The molecule has 0 saturated carbocycles. The topological polar surface area (TPSA) is 41.6 Å². The van der Waals surface area contributed by atoms with E-state index in [9.17, 15) is 4.79 Å². The van der Waals surface area contributed by atoms with Gasteiger partial charge in [-0.15, -0.1) is 11.3 Å². The first-order valence-electron chi connectivity index (χ1n) is 8.67. The highest BCUT2D eigenvalue weighted by Crippen LogP contribution is 2.38. The molecule has 132 valence electrons. The predicted molar refractivity (Wildman–Crippen MR) is 102 cm³/mol. The van der Waals surface area contributed by atoms with E-state index >= 15 is 0 Å². The molecule has 1 aromatic heterocycles. The van der Waals surface area contributed by atoms with Crippen molar-refractivity contribution in [3.05, 3.63) is 41.3 Å². The summed E-state index contributed by atoms with van der Waals surface area (Å²) in [5.41, 5.74) is 0. The van der Waals surface area contributed by atoms with Crippen LogP contribution in [0.25, 0.3) is 0 Å². The Kier molecular flexibility index (Phi) is 5.01. The summed E-state index contributed by atoms with van der Waals surface area (Å²) < 4.78 is 6.50. The Hall–Kier alpha value is -1.50. The molecule has 1 atom stereocenters. The smallest absolute Gasteiger partial charge is 0.261 e. The molecular weight excluding hydrogens is 352 g/mol. The van der Waals surface area contributed by atoms with Crippen LogP contribution >= 0.6 is 23.1 Å². The van der Waals surface area contributed by atoms with E-state index in [1.54, 1.807) is 30.2 Å². The summed E-state index contributed by atoms with van der Waals surface area (Å²) in [6, 6.07) is 12.2. The Morgan fingerprint density at radius 1 is 1.24 bits per heavy atom. The first-order valence-corrected chi connectivity index (χ1v) is 10.3. The van der Waals surface area contributed by atoms with E-state index in [4.69, 9.17) is 4.74 Å². The first-order chi connectivity index (χ1) is 12.2. The molecule has 0 unspecified atom stereocenters. The van der Waals surface area contributed by atoms with Crippen LogP contribution in [-0.2, 0) is 0 Å². The van der Waals surface area contributed by atoms with Crippen molar-refractivity contribution in [2.45, 2.75) is 28.0 Å². The molecular formula is C19H22N2O2S2. The molecule has 4 heterocycles. The second-order valence-electron chi connectivity index (χ2n) is 6.59. The Morgan fingerprint density at radius 3 is 2.76 bits per heavy atom. The summed E-state index contributed by atoms with van der Waals surface area (Å²) in [5, 5.41) is 3.26. The van der Waals surface area contributed by atoms with Gasteiger partial charge in [0.2, 0.25) is 0 Å². The molecule has 4 nitrogen and oxygen atoms in total. The van der Waals surface area contributed by atoms with Crippen LogP contribution in [0.3, 0.4) is 0 Å². The van der Waals surface area contributed by atoms with Crippen molar-refractivity contribution in [3.8, 4) is 5.75 Å². The molecule has 0 spiro atoms. The van der Waals surface area contributed by atoms with Gasteiger partial charge in [0, 0.05) is 12.6 Å². The lowest BCUT2D eigenvalue weighted by molar-refractivity contribution is 0.0622. The number of amides is 1. The van der Waals surface area contributed by atoms with Crippen molar-refractivity contribution in [1.82, 2.24) is 10.2 Å². The summed E-state index contributed by atoms with van der Waals surface area (Å²) in [4.78, 5) is 16.9. The highest BCUT2D eigenvalue weighted by Gasteiger charge is 2.35. The Labute approximate surface area is 156 Å². The molecule has 3 saturated heterocycles. The van der Waals surface area contributed by atoms with Crippen LogP contribution in [0.1, 0.15) is 22.5 Å². The fourth-order valence-electron chi connectivity index (χ4n) is 3.68. The molecule has 2 bridgehead atoms. The zero-order valence-electron chi connectivity index (χ0n) is 14.2. The largest absolute Gasteiger partial charge is 0.496 e. The number of fused-ring (bicyclic) bond motifs is 3. The second kappa shape index (κ2) is 7.40. The predicted octanol–water partition coefficient (Wildman–Crippen LogP) is 3.73. The van der Waals surface area contributed by atoms with Gasteiger partial charge in [-0.1, -0.05) is 23.9 Å². The molecule has 0 aliphatic carbocycles. The first kappa shape index (κ1) is 16.9. The third-order valence-corrected chi connectivity index (χ3v) is 7.33. The van der Waals surface area contributed by atoms with Crippen molar-refractivity contribution in [3.63, 3.8) is 0 Å². The van der Waals surface area contributed by atoms with E-state index < -0.39 is 0 Å². The lowest BCUT2D eigenvalue weighted by Gasteiger charge is -2.44. The zero-order chi connectivity index (χ0) is 17.2. The molecule has 1 aromatic carbocycles. The number of ether oxygens (including phenoxy) is 1. The molecule has 6 heteroatoms. The van der Waals surface area contributed by atoms with Gasteiger partial charge in [-0.2, -0.15) is 0 Å². The molecule has 0 radical (unpaired) electrons. The average molecular weight is 375 g/mol. The average Bonchev–Trinajstić information content (AvgIpc) is 3.12. The zero-order valence-corrected chi connectivity index (χ0v) is 15.9. The Balaban J connectivity index is 1.41. The molecule has 1 N–H and O–H groups in total. The highest BCUT2D eigenvalue weighted by molar-refractivity contribution is 8.01. The van der Waals surface area contributed by atoms with Crippen molar-refractivity contribution >= 4 is 29.0 Å². The SMILES string of the molecule is COc1ccccc1Sc1ccc(C(=O)N[C@H]2CN3CCC2CC3)s1. The minimum absolute atomic E-state index is 0.0654. The Morgan fingerprint density at radius 2 is 2.04 bits per heavy atom. The van der Waals surface area contributed by atoms with Crippen LogP contribution in [0.2, 0.25) is 0 Å². The summed E-state index contributed by atoms with van der Waals surface area (Å²) in [7, 11) is 1.68. The van der Waals surface area contributed by atoms with E-state index in [0.29, 0.717) is 12.0 Å². The van der Waals surface area contributed by atoms with E-state index in [0.717, 1.165) is 26.3 Å².